The van der Waals surface area contributed by atoms with Crippen molar-refractivity contribution in [1.29, 1.82) is 0 Å². The molecule has 1 unspecified atom stereocenters. The molecular formula is C16H19BrClFN4O2. The molecule has 0 bridgehead atoms. The molecule has 3 rings (SSSR count). The second-order valence-corrected chi connectivity index (χ2v) is 6.42. The molecule has 9 heteroatoms. The highest BCUT2D eigenvalue weighted by molar-refractivity contribution is 9.10. The summed E-state index contributed by atoms with van der Waals surface area (Å²) in [7, 11) is 1.91. The number of aromatic nitrogens is 2. The number of aryl methyl sites for hydroxylation is 1. The van der Waals surface area contributed by atoms with Crippen molar-refractivity contribution in [2.45, 2.75) is 6.04 Å². The summed E-state index contributed by atoms with van der Waals surface area (Å²) in [6.07, 6.45) is 3.58. The number of nitrogens with one attached hydrogen (secondary N) is 1. The van der Waals surface area contributed by atoms with Gasteiger partial charge in [0.05, 0.1) is 4.47 Å². The summed E-state index contributed by atoms with van der Waals surface area (Å²) in [4.78, 5) is 18.7. The van der Waals surface area contributed by atoms with Crippen LogP contribution < -0.4 is 10.1 Å². The maximum Gasteiger partial charge on any atom is 0.261 e. The normalized spacial score (nSPS) is 17.1. The minimum atomic E-state index is -0.363. The first-order valence-corrected chi connectivity index (χ1v) is 8.41. The van der Waals surface area contributed by atoms with Crippen molar-refractivity contribution in [3.05, 3.63) is 46.7 Å². The van der Waals surface area contributed by atoms with Gasteiger partial charge in [-0.25, -0.2) is 9.37 Å². The highest BCUT2D eigenvalue weighted by Crippen LogP contribution is 2.26. The Morgan fingerprint density at radius 1 is 1.52 bits per heavy atom. The van der Waals surface area contributed by atoms with E-state index in [1.54, 1.807) is 11.1 Å². The first-order chi connectivity index (χ1) is 11.6. The molecule has 136 valence electrons. The Hall–Kier alpha value is -1.64. The number of carbonyl (C=O) groups excluding carboxylic acids is 1. The number of hydrogen-bond donors (Lipinski definition) is 1. The molecule has 0 aliphatic carbocycles. The number of amides is 1. The molecule has 1 amide bonds. The van der Waals surface area contributed by atoms with Crippen molar-refractivity contribution in [2.75, 3.05) is 26.2 Å². The van der Waals surface area contributed by atoms with E-state index in [4.69, 9.17) is 4.74 Å². The van der Waals surface area contributed by atoms with Crippen LogP contribution in [-0.4, -0.2) is 46.6 Å². The van der Waals surface area contributed by atoms with E-state index in [1.807, 2.05) is 17.8 Å². The summed E-state index contributed by atoms with van der Waals surface area (Å²) in [5.41, 5.74) is 0. The minimum Gasteiger partial charge on any atom is -0.483 e. The number of rotatable bonds is 4. The van der Waals surface area contributed by atoms with Crippen molar-refractivity contribution in [2.24, 2.45) is 7.05 Å². The predicted molar refractivity (Wildman–Crippen MR) is 97.4 cm³/mol. The van der Waals surface area contributed by atoms with Gasteiger partial charge < -0.3 is 19.5 Å². The SMILES string of the molecule is Cl.Cn1ccnc1C1CNCCN1C(=O)COc1ccc(F)cc1Br. The molecule has 1 N–H and O–H groups in total. The lowest BCUT2D eigenvalue weighted by Gasteiger charge is -2.35. The zero-order valence-corrected chi connectivity index (χ0v) is 16.0. The molecule has 1 aliphatic heterocycles. The second-order valence-electron chi connectivity index (χ2n) is 5.57. The maximum atomic E-state index is 13.1. The molecule has 1 saturated heterocycles. The van der Waals surface area contributed by atoms with E-state index in [0.29, 0.717) is 23.3 Å². The van der Waals surface area contributed by atoms with E-state index in [9.17, 15) is 9.18 Å². The van der Waals surface area contributed by atoms with Crippen molar-refractivity contribution < 1.29 is 13.9 Å². The topological polar surface area (TPSA) is 59.4 Å². The fourth-order valence-corrected chi connectivity index (χ4v) is 3.21. The largest absolute Gasteiger partial charge is 0.483 e. The molecule has 2 heterocycles. The fraction of sp³-hybridized carbons (Fsp3) is 0.375. The van der Waals surface area contributed by atoms with Crippen molar-refractivity contribution in [3.8, 4) is 5.75 Å². The summed E-state index contributed by atoms with van der Waals surface area (Å²) < 4.78 is 21.1. The third kappa shape index (κ3) is 4.50. The molecule has 0 radical (unpaired) electrons. The van der Waals surface area contributed by atoms with Crippen LogP contribution in [0.15, 0.2) is 35.1 Å². The van der Waals surface area contributed by atoms with Gasteiger partial charge >= 0.3 is 0 Å². The van der Waals surface area contributed by atoms with Crippen LogP contribution in [0, 0.1) is 5.82 Å². The van der Waals surface area contributed by atoms with Gasteiger partial charge in [0, 0.05) is 39.1 Å². The molecule has 1 aliphatic rings. The number of piperazine rings is 1. The third-order valence-electron chi connectivity index (χ3n) is 3.97. The van der Waals surface area contributed by atoms with Crippen molar-refractivity contribution in [3.63, 3.8) is 0 Å². The zero-order valence-electron chi connectivity index (χ0n) is 13.6. The van der Waals surface area contributed by atoms with E-state index in [0.717, 1.165) is 12.4 Å². The summed E-state index contributed by atoms with van der Waals surface area (Å²) >= 11 is 3.23. The van der Waals surface area contributed by atoms with E-state index in [2.05, 4.69) is 26.2 Å². The van der Waals surface area contributed by atoms with E-state index in [-0.39, 0.29) is 36.8 Å². The smallest absolute Gasteiger partial charge is 0.261 e. The van der Waals surface area contributed by atoms with Gasteiger partial charge in [-0.15, -0.1) is 12.4 Å². The van der Waals surface area contributed by atoms with Crippen molar-refractivity contribution in [1.82, 2.24) is 19.8 Å². The van der Waals surface area contributed by atoms with Gasteiger partial charge in [-0.2, -0.15) is 0 Å². The predicted octanol–water partition coefficient (Wildman–Crippen LogP) is 2.30. The van der Waals surface area contributed by atoms with Gasteiger partial charge in [0.25, 0.3) is 5.91 Å². The number of hydrogen-bond acceptors (Lipinski definition) is 4. The summed E-state index contributed by atoms with van der Waals surface area (Å²) in [6.45, 7) is 1.86. The minimum absolute atomic E-state index is 0. The number of imidazole rings is 1. The monoisotopic (exact) mass is 432 g/mol. The molecule has 2 aromatic rings. The van der Waals surface area contributed by atoms with E-state index >= 15 is 0 Å². The van der Waals surface area contributed by atoms with Gasteiger partial charge in [-0.3, -0.25) is 4.79 Å². The van der Waals surface area contributed by atoms with Gasteiger partial charge in [0.1, 0.15) is 23.4 Å². The molecule has 0 saturated carbocycles. The van der Waals surface area contributed by atoms with Gasteiger partial charge in [0.15, 0.2) is 6.61 Å². The van der Waals surface area contributed by atoms with Crippen LogP contribution >= 0.6 is 28.3 Å². The lowest BCUT2D eigenvalue weighted by molar-refractivity contribution is -0.137. The van der Waals surface area contributed by atoms with Crippen LogP contribution in [-0.2, 0) is 11.8 Å². The molecule has 25 heavy (non-hydrogen) atoms. The Kier molecular flexibility index (Phi) is 6.80. The number of carbonyl (C=O) groups is 1. The summed E-state index contributed by atoms with van der Waals surface area (Å²) in [5, 5.41) is 3.29. The molecular weight excluding hydrogens is 415 g/mol. The van der Waals surface area contributed by atoms with Crippen LogP contribution in [0.2, 0.25) is 0 Å². The number of halogens is 3. The quantitative estimate of drug-likeness (QED) is 0.804. The zero-order chi connectivity index (χ0) is 17.1. The molecule has 1 aromatic heterocycles. The first-order valence-electron chi connectivity index (χ1n) is 7.61. The Morgan fingerprint density at radius 2 is 2.32 bits per heavy atom. The van der Waals surface area contributed by atoms with Crippen LogP contribution in [0.1, 0.15) is 11.9 Å². The Bertz CT molecular complexity index is 743. The average Bonchev–Trinajstić information content (AvgIpc) is 2.99. The van der Waals surface area contributed by atoms with Crippen molar-refractivity contribution >= 4 is 34.2 Å². The molecule has 1 fully saturated rings. The van der Waals surface area contributed by atoms with Crippen LogP contribution in [0.3, 0.4) is 0 Å². The molecule has 1 aromatic carbocycles. The Morgan fingerprint density at radius 3 is 3.00 bits per heavy atom. The Balaban J connectivity index is 0.00000225. The van der Waals surface area contributed by atoms with Crippen LogP contribution in [0.25, 0.3) is 0 Å². The second kappa shape index (κ2) is 8.64. The Labute approximate surface area is 159 Å². The van der Waals surface area contributed by atoms with Gasteiger partial charge in [-0.05, 0) is 34.1 Å². The van der Waals surface area contributed by atoms with E-state index in [1.165, 1.54) is 18.2 Å². The lowest BCUT2D eigenvalue weighted by atomic mass is 10.1. The van der Waals surface area contributed by atoms with Crippen LogP contribution in [0.5, 0.6) is 5.75 Å². The average molecular weight is 434 g/mol. The van der Waals surface area contributed by atoms with E-state index < -0.39 is 0 Å². The van der Waals surface area contributed by atoms with Gasteiger partial charge in [-0.1, -0.05) is 0 Å². The standard InChI is InChI=1S/C16H18BrFN4O2.ClH/c1-21-6-5-20-16(21)13-9-19-4-7-22(13)15(23)10-24-14-3-2-11(18)8-12(14)17;/h2-3,5-6,8,13,19H,4,7,9-10H2,1H3;1H. The lowest BCUT2D eigenvalue weighted by Crippen LogP contribution is -2.50. The highest BCUT2D eigenvalue weighted by Gasteiger charge is 2.30. The highest BCUT2D eigenvalue weighted by atomic mass is 79.9. The first kappa shape index (κ1) is 19.7. The number of nitrogens with zero attached hydrogens (tertiary/aromatic N) is 3. The third-order valence-corrected chi connectivity index (χ3v) is 4.59. The summed E-state index contributed by atoms with van der Waals surface area (Å²) in [6, 6.07) is 3.97. The summed E-state index contributed by atoms with van der Waals surface area (Å²) in [5.74, 6) is 0.783. The maximum absolute atomic E-state index is 13.1. The molecule has 0 spiro atoms. The fourth-order valence-electron chi connectivity index (χ4n) is 2.75. The number of ether oxygens (including phenoxy) is 1. The molecule has 1 atom stereocenters. The van der Waals surface area contributed by atoms with Gasteiger partial charge in [0.2, 0.25) is 0 Å². The molecule has 6 nitrogen and oxygen atoms in total. The number of benzene rings is 1. The van der Waals surface area contributed by atoms with Crippen LogP contribution in [0.4, 0.5) is 4.39 Å².